The van der Waals surface area contributed by atoms with E-state index in [0.29, 0.717) is 24.3 Å². The Morgan fingerprint density at radius 1 is 1.17 bits per heavy atom. The molecule has 1 aliphatic rings. The lowest BCUT2D eigenvalue weighted by Crippen LogP contribution is -2.42. The summed E-state index contributed by atoms with van der Waals surface area (Å²) in [7, 11) is 0. The predicted octanol–water partition coefficient (Wildman–Crippen LogP) is 2.28. The number of rotatable bonds is 4. The fourth-order valence-electron chi connectivity index (χ4n) is 2.66. The highest BCUT2D eigenvalue weighted by atomic mass is 16.5. The third-order valence-electron chi connectivity index (χ3n) is 4.05. The van der Waals surface area contributed by atoms with E-state index in [1.165, 1.54) is 6.20 Å². The van der Waals surface area contributed by atoms with E-state index in [4.69, 9.17) is 4.74 Å². The minimum Gasteiger partial charge on any atom is -0.490 e. The predicted molar refractivity (Wildman–Crippen MR) is 88.2 cm³/mol. The maximum atomic E-state index is 12.4. The van der Waals surface area contributed by atoms with E-state index < -0.39 is 0 Å². The van der Waals surface area contributed by atoms with Crippen molar-refractivity contribution in [3.63, 3.8) is 0 Å². The van der Waals surface area contributed by atoms with Gasteiger partial charge in [0.05, 0.1) is 11.9 Å². The molecule has 0 N–H and O–H groups in total. The molecule has 124 valence electrons. The molecule has 3 rings (SSSR count). The SMILES string of the molecule is Cc1cnc(C(=O)N2CCC(Oc3ccc(C=O)cc3)CC2)cn1. The summed E-state index contributed by atoms with van der Waals surface area (Å²) in [6.45, 7) is 3.10. The Balaban J connectivity index is 1.54. The molecule has 0 bridgehead atoms. The molecular formula is C18H19N3O3. The number of hydrogen-bond acceptors (Lipinski definition) is 5. The highest BCUT2D eigenvalue weighted by molar-refractivity contribution is 5.92. The minimum absolute atomic E-state index is 0.0697. The Kier molecular flexibility index (Phi) is 4.84. The lowest BCUT2D eigenvalue weighted by atomic mass is 10.1. The van der Waals surface area contributed by atoms with Gasteiger partial charge in [0.25, 0.3) is 5.91 Å². The molecule has 0 radical (unpaired) electrons. The topological polar surface area (TPSA) is 72.4 Å². The molecule has 0 unspecified atom stereocenters. The number of hydrogen-bond donors (Lipinski definition) is 0. The molecule has 1 saturated heterocycles. The number of likely N-dealkylation sites (tertiary alicyclic amines) is 1. The van der Waals surface area contributed by atoms with Gasteiger partial charge in [0, 0.05) is 37.7 Å². The van der Waals surface area contributed by atoms with Crippen molar-refractivity contribution in [2.24, 2.45) is 0 Å². The summed E-state index contributed by atoms with van der Waals surface area (Å²) in [5.74, 6) is 0.658. The number of nitrogens with zero attached hydrogens (tertiary/aromatic N) is 3. The van der Waals surface area contributed by atoms with Crippen LogP contribution in [0.4, 0.5) is 0 Å². The lowest BCUT2D eigenvalue weighted by molar-refractivity contribution is 0.0589. The molecule has 0 atom stereocenters. The fraction of sp³-hybridized carbons (Fsp3) is 0.333. The molecule has 2 aromatic rings. The molecular weight excluding hydrogens is 306 g/mol. The van der Waals surface area contributed by atoms with Gasteiger partial charge in [-0.25, -0.2) is 4.98 Å². The average Bonchev–Trinajstić information content (AvgIpc) is 2.63. The van der Waals surface area contributed by atoms with E-state index in [9.17, 15) is 9.59 Å². The smallest absolute Gasteiger partial charge is 0.274 e. The first-order valence-electron chi connectivity index (χ1n) is 7.95. The van der Waals surface area contributed by atoms with Crippen LogP contribution >= 0.6 is 0 Å². The van der Waals surface area contributed by atoms with Gasteiger partial charge in [0.15, 0.2) is 0 Å². The number of carbonyl (C=O) groups is 2. The van der Waals surface area contributed by atoms with Crippen molar-refractivity contribution in [2.45, 2.75) is 25.9 Å². The zero-order chi connectivity index (χ0) is 16.9. The first-order valence-corrected chi connectivity index (χ1v) is 7.95. The van der Waals surface area contributed by atoms with E-state index in [2.05, 4.69) is 9.97 Å². The summed E-state index contributed by atoms with van der Waals surface area (Å²) in [5, 5.41) is 0. The summed E-state index contributed by atoms with van der Waals surface area (Å²) in [6.07, 6.45) is 5.53. The third kappa shape index (κ3) is 3.76. The van der Waals surface area contributed by atoms with Crippen LogP contribution in [0.25, 0.3) is 0 Å². The minimum atomic E-state index is -0.0868. The molecule has 1 fully saturated rings. The van der Waals surface area contributed by atoms with Gasteiger partial charge in [-0.1, -0.05) is 0 Å². The van der Waals surface area contributed by atoms with Gasteiger partial charge in [-0.05, 0) is 31.2 Å². The number of aryl methyl sites for hydroxylation is 1. The first kappa shape index (κ1) is 16.1. The number of benzene rings is 1. The van der Waals surface area contributed by atoms with Crippen molar-refractivity contribution in [2.75, 3.05) is 13.1 Å². The first-order chi connectivity index (χ1) is 11.7. The summed E-state index contributed by atoms with van der Waals surface area (Å²) in [5.41, 5.74) is 1.80. The Hall–Kier alpha value is -2.76. The van der Waals surface area contributed by atoms with Crippen molar-refractivity contribution in [1.82, 2.24) is 14.9 Å². The van der Waals surface area contributed by atoms with Crippen LogP contribution in [-0.4, -0.2) is 46.3 Å². The molecule has 0 spiro atoms. The fourth-order valence-corrected chi connectivity index (χ4v) is 2.66. The molecule has 24 heavy (non-hydrogen) atoms. The average molecular weight is 325 g/mol. The van der Waals surface area contributed by atoms with Crippen LogP contribution in [0, 0.1) is 6.92 Å². The summed E-state index contributed by atoms with van der Waals surface area (Å²) >= 11 is 0. The molecule has 1 aromatic carbocycles. The second-order valence-corrected chi connectivity index (χ2v) is 5.84. The molecule has 6 heteroatoms. The van der Waals surface area contributed by atoms with E-state index in [0.717, 1.165) is 30.6 Å². The van der Waals surface area contributed by atoms with Crippen LogP contribution in [0.15, 0.2) is 36.7 Å². The summed E-state index contributed by atoms with van der Waals surface area (Å²) in [4.78, 5) is 33.1. The van der Waals surface area contributed by atoms with Crippen LogP contribution in [0.1, 0.15) is 39.4 Å². The molecule has 1 aromatic heterocycles. The third-order valence-corrected chi connectivity index (χ3v) is 4.05. The summed E-state index contributed by atoms with van der Waals surface area (Å²) in [6, 6.07) is 7.06. The maximum absolute atomic E-state index is 12.4. The number of amides is 1. The lowest BCUT2D eigenvalue weighted by Gasteiger charge is -2.32. The van der Waals surface area contributed by atoms with Crippen molar-refractivity contribution in [3.05, 3.63) is 53.6 Å². The number of ether oxygens (including phenoxy) is 1. The van der Waals surface area contributed by atoms with Gasteiger partial charge >= 0.3 is 0 Å². The van der Waals surface area contributed by atoms with Gasteiger partial charge in [-0.15, -0.1) is 0 Å². The van der Waals surface area contributed by atoms with Crippen molar-refractivity contribution in [3.8, 4) is 5.75 Å². The second-order valence-electron chi connectivity index (χ2n) is 5.84. The van der Waals surface area contributed by atoms with Crippen molar-refractivity contribution >= 4 is 12.2 Å². The Morgan fingerprint density at radius 2 is 1.88 bits per heavy atom. The highest BCUT2D eigenvalue weighted by Crippen LogP contribution is 2.20. The van der Waals surface area contributed by atoms with Crippen LogP contribution in [0.5, 0.6) is 5.75 Å². The van der Waals surface area contributed by atoms with E-state index in [-0.39, 0.29) is 12.0 Å². The number of aldehydes is 1. The molecule has 2 heterocycles. The van der Waals surface area contributed by atoms with E-state index in [1.54, 1.807) is 35.4 Å². The Bertz CT molecular complexity index is 705. The van der Waals surface area contributed by atoms with Gasteiger partial charge in [0.2, 0.25) is 0 Å². The molecule has 6 nitrogen and oxygen atoms in total. The second kappa shape index (κ2) is 7.21. The van der Waals surface area contributed by atoms with Gasteiger partial charge < -0.3 is 9.64 Å². The van der Waals surface area contributed by atoms with Crippen LogP contribution < -0.4 is 4.74 Å². The van der Waals surface area contributed by atoms with Crippen molar-refractivity contribution in [1.29, 1.82) is 0 Å². The van der Waals surface area contributed by atoms with Crippen molar-refractivity contribution < 1.29 is 14.3 Å². The number of aromatic nitrogens is 2. The molecule has 1 amide bonds. The molecule has 1 aliphatic heterocycles. The van der Waals surface area contributed by atoms with E-state index in [1.807, 2.05) is 6.92 Å². The van der Waals surface area contributed by atoms with Gasteiger partial charge in [-0.2, -0.15) is 0 Å². The molecule has 0 saturated carbocycles. The Labute approximate surface area is 140 Å². The Morgan fingerprint density at radius 3 is 2.46 bits per heavy atom. The van der Waals surface area contributed by atoms with Gasteiger partial charge in [0.1, 0.15) is 23.8 Å². The summed E-state index contributed by atoms with van der Waals surface area (Å²) < 4.78 is 5.92. The maximum Gasteiger partial charge on any atom is 0.274 e. The number of piperidine rings is 1. The zero-order valence-electron chi connectivity index (χ0n) is 13.5. The van der Waals surface area contributed by atoms with Crippen LogP contribution in [0.3, 0.4) is 0 Å². The quantitative estimate of drug-likeness (QED) is 0.806. The standard InChI is InChI=1S/C18H19N3O3/c1-13-10-20-17(11-19-13)18(23)21-8-6-16(7-9-21)24-15-4-2-14(12-22)3-5-15/h2-5,10-12,16H,6-9H2,1H3. The van der Waals surface area contributed by atoms with E-state index >= 15 is 0 Å². The molecule has 0 aliphatic carbocycles. The van der Waals surface area contributed by atoms with Gasteiger partial charge in [-0.3, -0.25) is 14.6 Å². The zero-order valence-corrected chi connectivity index (χ0v) is 13.5. The largest absolute Gasteiger partial charge is 0.490 e. The monoisotopic (exact) mass is 325 g/mol. The number of carbonyl (C=O) groups excluding carboxylic acids is 2. The normalized spacial score (nSPS) is 15.1. The van der Waals surface area contributed by atoms with Crippen LogP contribution in [-0.2, 0) is 0 Å². The van der Waals surface area contributed by atoms with Crippen LogP contribution in [0.2, 0.25) is 0 Å². The highest BCUT2D eigenvalue weighted by Gasteiger charge is 2.25.